The molecule has 19 heteroatoms. The molecule has 0 radical (unpaired) electrons. The molecule has 0 spiro atoms. The lowest BCUT2D eigenvalue weighted by Gasteiger charge is -2.47. The maximum atomic E-state index is 11.8. The van der Waals surface area contributed by atoms with Gasteiger partial charge in [-0.3, -0.25) is 50.7 Å². The summed E-state index contributed by atoms with van der Waals surface area (Å²) in [6.45, 7) is 2.92. The number of hydrogen-bond acceptors (Lipinski definition) is 15. The molecular weight excluding hydrogens is 704 g/mol. The highest BCUT2D eigenvalue weighted by molar-refractivity contribution is 5.74. The molecule has 0 aromatic carbocycles. The van der Waals surface area contributed by atoms with Crippen molar-refractivity contribution in [2.45, 2.75) is 145 Å². The van der Waals surface area contributed by atoms with Gasteiger partial charge in [0.1, 0.15) is 18.9 Å². The quantitative estimate of drug-likeness (QED) is 0.121. The molecule has 0 aromatic rings. The Balaban J connectivity index is 0.987. The molecule has 19 nitrogen and oxygen atoms in total. The summed E-state index contributed by atoms with van der Waals surface area (Å²) >= 11 is 0. The number of hydrogen-bond donors (Lipinski definition) is 9. The summed E-state index contributed by atoms with van der Waals surface area (Å²) in [6, 6.07) is -0.827. The maximum absolute atomic E-state index is 11.8. The van der Waals surface area contributed by atoms with Crippen LogP contribution in [0.1, 0.15) is 89.9 Å². The van der Waals surface area contributed by atoms with Crippen LogP contribution < -0.4 is 26.6 Å². The van der Waals surface area contributed by atoms with Crippen molar-refractivity contribution >= 4 is 23.9 Å². The van der Waals surface area contributed by atoms with Crippen LogP contribution in [0, 0.1) is 23.7 Å². The van der Waals surface area contributed by atoms with Gasteiger partial charge in [0.15, 0.2) is 0 Å². The lowest BCUT2D eigenvalue weighted by molar-refractivity contribution is -0.149. The van der Waals surface area contributed by atoms with Crippen molar-refractivity contribution in [2.75, 3.05) is 26.3 Å². The van der Waals surface area contributed by atoms with E-state index in [9.17, 15) is 39.6 Å². The Morgan fingerprint density at radius 1 is 0.537 bits per heavy atom. The van der Waals surface area contributed by atoms with Gasteiger partial charge in [-0.25, -0.2) is 0 Å². The predicted octanol–water partition coefficient (Wildman–Crippen LogP) is 1.57. The molecule has 8 unspecified atom stereocenters. The lowest BCUT2D eigenvalue weighted by Crippen LogP contribution is -2.79. The van der Waals surface area contributed by atoms with Crippen LogP contribution >= 0.6 is 0 Å². The summed E-state index contributed by atoms with van der Waals surface area (Å²) < 4.78 is 5.60. The molecule has 2 aliphatic heterocycles. The number of nitrogens with zero attached hydrogens (tertiary/aromatic N) is 5. The first-order valence-corrected chi connectivity index (χ1v) is 19.9. The molecule has 2 saturated heterocycles. The number of carboxylic acid groups (broad SMARTS) is 4. The van der Waals surface area contributed by atoms with Crippen molar-refractivity contribution in [2.24, 2.45) is 44.1 Å². The Bertz CT molecular complexity index is 1260. The predicted molar refractivity (Wildman–Crippen MR) is 191 cm³/mol. The molecule has 0 aromatic heterocycles. The number of ether oxygens (including phenoxy) is 1. The molecule has 302 valence electrons. The molecule has 0 amide bonds. The molecule has 8 atom stereocenters. The number of rotatable bonds is 13. The van der Waals surface area contributed by atoms with Gasteiger partial charge in [-0.15, -0.1) is 0 Å². The maximum Gasteiger partial charge on any atom is 0.308 e. The lowest BCUT2D eigenvalue weighted by atomic mass is 9.78. The highest BCUT2D eigenvalue weighted by atomic mass is 16.5. The first-order valence-electron chi connectivity index (χ1n) is 19.9. The Hall–Kier alpha value is -3.20. The summed E-state index contributed by atoms with van der Waals surface area (Å²) in [7, 11) is 0. The summed E-state index contributed by atoms with van der Waals surface area (Å²) in [5.41, 5.74) is 0. The third-order valence-corrected chi connectivity index (χ3v) is 12.3. The van der Waals surface area contributed by atoms with Gasteiger partial charge in [-0.05, 0) is 89.9 Å². The van der Waals surface area contributed by atoms with E-state index < -0.39 is 59.6 Å². The third kappa shape index (κ3) is 11.0. The normalized spacial score (nSPS) is 40.0. The van der Waals surface area contributed by atoms with Crippen LogP contribution in [-0.4, -0.2) is 131 Å². The van der Waals surface area contributed by atoms with Crippen LogP contribution in [0.4, 0.5) is 0 Å². The topological polar surface area (TPSA) is 271 Å². The Morgan fingerprint density at radius 2 is 0.963 bits per heavy atom. The smallest absolute Gasteiger partial charge is 0.308 e. The zero-order valence-electron chi connectivity index (χ0n) is 30.8. The Kier molecular flexibility index (Phi) is 14.3. The van der Waals surface area contributed by atoms with Crippen LogP contribution in [0.25, 0.3) is 0 Å². The van der Waals surface area contributed by atoms with Crippen LogP contribution in [-0.2, 0) is 23.9 Å². The van der Waals surface area contributed by atoms with Gasteiger partial charge >= 0.3 is 23.9 Å². The molecule has 0 bridgehead atoms. The fraction of sp³-hybridized carbons (Fsp3) is 0.886. The van der Waals surface area contributed by atoms with E-state index in [1.165, 1.54) is 0 Å². The van der Waals surface area contributed by atoms with Crippen molar-refractivity contribution < 1.29 is 44.3 Å². The van der Waals surface area contributed by atoms with Crippen LogP contribution in [0.3, 0.4) is 0 Å². The molecule has 4 saturated carbocycles. The van der Waals surface area contributed by atoms with Crippen LogP contribution in [0.2, 0.25) is 0 Å². The zero-order chi connectivity index (χ0) is 38.2. The average Bonchev–Trinajstić information content (AvgIpc) is 3.17. The molecule has 54 heavy (non-hydrogen) atoms. The fourth-order valence-corrected chi connectivity index (χ4v) is 8.99. The van der Waals surface area contributed by atoms with E-state index in [-0.39, 0.29) is 55.9 Å². The SMILES string of the molecule is O=C(O)C1CCC(C(=O)O)C(N=NC2CCC(NC3NC(NC4CCC(N=NC5CC(C(=O)O)CCC5C(=O)O)CC4)NC(N4CCOCC4)N3)CC2)C1. The van der Waals surface area contributed by atoms with E-state index in [2.05, 4.69) is 51.9 Å². The van der Waals surface area contributed by atoms with Crippen molar-refractivity contribution in [1.82, 2.24) is 31.5 Å². The minimum absolute atomic E-state index is 0.0234. The molecule has 4 aliphatic carbocycles. The molecule has 2 heterocycles. The minimum Gasteiger partial charge on any atom is -0.481 e. The van der Waals surface area contributed by atoms with Crippen molar-refractivity contribution in [1.29, 1.82) is 0 Å². The number of aliphatic carboxylic acids is 4. The van der Waals surface area contributed by atoms with E-state index in [0.717, 1.165) is 64.5 Å². The van der Waals surface area contributed by atoms with Gasteiger partial charge in [-0.1, -0.05) is 0 Å². The highest BCUT2D eigenvalue weighted by Crippen LogP contribution is 2.34. The Labute approximate surface area is 314 Å². The minimum atomic E-state index is -0.944. The third-order valence-electron chi connectivity index (χ3n) is 12.3. The molecule has 6 aliphatic rings. The number of azo groups is 2. The summed E-state index contributed by atoms with van der Waals surface area (Å²) in [5, 5.41) is 74.7. The van der Waals surface area contributed by atoms with Gasteiger partial charge in [0.05, 0.1) is 61.1 Å². The highest BCUT2D eigenvalue weighted by Gasteiger charge is 2.40. The molecule has 6 fully saturated rings. The number of nitrogens with one attached hydrogen (secondary N) is 5. The number of morpholine rings is 1. The summed E-state index contributed by atoms with van der Waals surface area (Å²) in [6.07, 6.45) is 7.88. The van der Waals surface area contributed by atoms with Gasteiger partial charge < -0.3 is 25.2 Å². The number of carboxylic acids is 4. The van der Waals surface area contributed by atoms with E-state index in [1.54, 1.807) is 0 Å². The van der Waals surface area contributed by atoms with Crippen LogP contribution in [0.5, 0.6) is 0 Å². The first kappa shape index (κ1) is 40.5. The number of carbonyl (C=O) groups is 4. The second kappa shape index (κ2) is 19.1. The van der Waals surface area contributed by atoms with E-state index in [1.807, 2.05) is 0 Å². The van der Waals surface area contributed by atoms with Gasteiger partial charge in [0.25, 0.3) is 0 Å². The molecular formula is C35H58N10O9. The average molecular weight is 763 g/mol. The zero-order valence-corrected chi connectivity index (χ0v) is 30.8. The van der Waals surface area contributed by atoms with Gasteiger partial charge in [-0.2, -0.15) is 20.5 Å². The largest absolute Gasteiger partial charge is 0.481 e. The van der Waals surface area contributed by atoms with Gasteiger partial charge in [0, 0.05) is 25.2 Å². The summed E-state index contributed by atoms with van der Waals surface area (Å²) in [5.74, 6) is -6.26. The van der Waals surface area contributed by atoms with E-state index in [4.69, 9.17) is 4.74 Å². The fourth-order valence-electron chi connectivity index (χ4n) is 8.99. The Morgan fingerprint density at radius 3 is 1.35 bits per heavy atom. The van der Waals surface area contributed by atoms with Crippen molar-refractivity contribution in [3.63, 3.8) is 0 Å². The molecule has 6 rings (SSSR count). The second-order valence-electron chi connectivity index (χ2n) is 15.9. The first-order chi connectivity index (χ1) is 26.0. The van der Waals surface area contributed by atoms with E-state index in [0.29, 0.717) is 38.9 Å². The molecule has 9 N–H and O–H groups in total. The monoisotopic (exact) mass is 762 g/mol. The van der Waals surface area contributed by atoms with Crippen molar-refractivity contribution in [3.05, 3.63) is 0 Å². The summed E-state index contributed by atoms with van der Waals surface area (Å²) in [4.78, 5) is 49.0. The van der Waals surface area contributed by atoms with Gasteiger partial charge in [0.2, 0.25) is 0 Å². The van der Waals surface area contributed by atoms with Crippen molar-refractivity contribution in [3.8, 4) is 0 Å². The van der Waals surface area contributed by atoms with Crippen LogP contribution in [0.15, 0.2) is 20.5 Å². The van der Waals surface area contributed by atoms with E-state index >= 15 is 0 Å². The second-order valence-corrected chi connectivity index (χ2v) is 15.9. The standard InChI is InChI=1S/C35H58N10O9/c46-29(47)19-1-11-25(31(50)51)27(17-19)43-41-23-7-3-21(4-8-23)36-33-38-34(40-35(39-33)45-13-15-54-16-14-45)37-22-5-9-24(10-6-22)42-44-28-18-20(30(48)49)2-12-26(28)32(52)53/h19-28,33-40H,1-18H2,(H,46,47)(H,48,49)(H,50,51)(H,52,53).